The summed E-state index contributed by atoms with van der Waals surface area (Å²) in [6.45, 7) is 1.82. The first-order chi connectivity index (χ1) is 7.67. The van der Waals surface area contributed by atoms with Gasteiger partial charge in [-0.3, -0.25) is 15.0 Å². The maximum absolute atomic E-state index is 12.6. The molecule has 16 heavy (non-hydrogen) atoms. The molecule has 0 bridgehead atoms. The second kappa shape index (κ2) is 5.97. The van der Waals surface area contributed by atoms with Crippen LogP contribution >= 0.6 is 0 Å². The number of carbonyl (C=O) groups is 1. The number of carbonyl (C=O) groups excluding carboxylic acids is 1. The van der Waals surface area contributed by atoms with E-state index >= 15 is 0 Å². The molecule has 86 valence electrons. The van der Waals surface area contributed by atoms with Crippen LogP contribution in [-0.2, 0) is 4.79 Å². The number of nitrogens with zero attached hydrogens (tertiary/aromatic N) is 1. The number of halogens is 1. The van der Waals surface area contributed by atoms with Crippen LogP contribution in [0, 0.1) is 5.82 Å². The van der Waals surface area contributed by atoms with Crippen molar-refractivity contribution in [3.05, 3.63) is 35.9 Å². The highest BCUT2D eigenvalue weighted by atomic mass is 19.1. The molecule has 4 nitrogen and oxygen atoms in total. The number of hydroxylamine groups is 1. The van der Waals surface area contributed by atoms with E-state index < -0.39 is 11.7 Å². The number of allylic oxidation sites excluding steroid dienone is 2. The fourth-order valence-electron chi connectivity index (χ4n) is 1.29. The lowest BCUT2D eigenvalue weighted by molar-refractivity contribution is -0.129. The molecule has 2 N–H and O–H groups in total. The van der Waals surface area contributed by atoms with Gasteiger partial charge < -0.3 is 0 Å². The molecule has 1 amide bonds. The summed E-state index contributed by atoms with van der Waals surface area (Å²) in [5, 5.41) is 8.34. The highest BCUT2D eigenvalue weighted by Gasteiger charge is 2.06. The van der Waals surface area contributed by atoms with Crippen molar-refractivity contribution in [3.63, 3.8) is 0 Å². The molecular weight excluding hydrogens is 211 g/mol. The zero-order valence-electron chi connectivity index (χ0n) is 8.90. The summed E-state index contributed by atoms with van der Waals surface area (Å²) in [6, 6.07) is 2.87. The van der Waals surface area contributed by atoms with E-state index in [1.807, 2.05) is 13.0 Å². The Hall–Kier alpha value is -1.75. The predicted octanol–water partition coefficient (Wildman–Crippen LogP) is 1.91. The second-order valence-electron chi connectivity index (χ2n) is 3.21. The number of hydrogen-bond acceptors (Lipinski definition) is 3. The fourth-order valence-corrected chi connectivity index (χ4v) is 1.29. The SMILES string of the molecule is C/C=C(\CCC(=O)NO)c1ccc(F)cn1. The number of hydrogen-bond donors (Lipinski definition) is 2. The van der Waals surface area contributed by atoms with Gasteiger partial charge in [0.15, 0.2) is 0 Å². The Morgan fingerprint density at radius 3 is 2.81 bits per heavy atom. The molecule has 0 aliphatic carbocycles. The van der Waals surface area contributed by atoms with Crippen molar-refractivity contribution in [2.45, 2.75) is 19.8 Å². The van der Waals surface area contributed by atoms with Gasteiger partial charge in [-0.15, -0.1) is 0 Å². The molecule has 0 saturated carbocycles. The average molecular weight is 224 g/mol. The minimum Gasteiger partial charge on any atom is -0.289 e. The molecule has 0 aliphatic rings. The van der Waals surface area contributed by atoms with E-state index in [4.69, 9.17) is 5.21 Å². The Balaban J connectivity index is 2.69. The van der Waals surface area contributed by atoms with Gasteiger partial charge in [-0.05, 0) is 31.1 Å². The molecule has 1 aromatic heterocycles. The summed E-state index contributed by atoms with van der Waals surface area (Å²) >= 11 is 0. The van der Waals surface area contributed by atoms with Crippen molar-refractivity contribution in [3.8, 4) is 0 Å². The summed E-state index contributed by atoms with van der Waals surface area (Å²) in [5.41, 5.74) is 3.03. The van der Waals surface area contributed by atoms with Crippen molar-refractivity contribution in [1.82, 2.24) is 10.5 Å². The van der Waals surface area contributed by atoms with Crippen LogP contribution in [0.1, 0.15) is 25.5 Å². The lowest BCUT2D eigenvalue weighted by Crippen LogP contribution is -2.18. The Labute approximate surface area is 92.8 Å². The van der Waals surface area contributed by atoms with Crippen LogP contribution in [0.3, 0.4) is 0 Å². The lowest BCUT2D eigenvalue weighted by Gasteiger charge is -2.05. The Morgan fingerprint density at radius 2 is 2.31 bits per heavy atom. The first kappa shape index (κ1) is 12.3. The summed E-state index contributed by atoms with van der Waals surface area (Å²) < 4.78 is 12.6. The van der Waals surface area contributed by atoms with E-state index in [0.29, 0.717) is 12.1 Å². The van der Waals surface area contributed by atoms with Gasteiger partial charge in [-0.25, -0.2) is 9.87 Å². The Bertz CT molecular complexity index is 387. The number of aromatic nitrogens is 1. The lowest BCUT2D eigenvalue weighted by atomic mass is 10.1. The molecule has 0 aliphatic heterocycles. The predicted molar refractivity (Wildman–Crippen MR) is 57.0 cm³/mol. The molecule has 0 spiro atoms. The van der Waals surface area contributed by atoms with Gasteiger partial charge in [-0.2, -0.15) is 0 Å². The van der Waals surface area contributed by atoms with Crippen molar-refractivity contribution in [2.24, 2.45) is 0 Å². The second-order valence-corrected chi connectivity index (χ2v) is 3.21. The number of amides is 1. The molecule has 0 atom stereocenters. The number of rotatable bonds is 4. The largest absolute Gasteiger partial charge is 0.289 e. The maximum Gasteiger partial charge on any atom is 0.243 e. The molecule has 0 saturated heterocycles. The van der Waals surface area contributed by atoms with Crippen molar-refractivity contribution >= 4 is 11.5 Å². The van der Waals surface area contributed by atoms with Gasteiger partial charge in [0, 0.05) is 6.42 Å². The Morgan fingerprint density at radius 1 is 1.56 bits per heavy atom. The number of pyridine rings is 1. The third-order valence-electron chi connectivity index (χ3n) is 2.15. The molecule has 0 fully saturated rings. The van der Waals surface area contributed by atoms with Gasteiger partial charge >= 0.3 is 0 Å². The summed E-state index contributed by atoms with van der Waals surface area (Å²) in [4.78, 5) is 14.8. The quantitative estimate of drug-likeness (QED) is 0.606. The normalized spacial score (nSPS) is 11.3. The smallest absolute Gasteiger partial charge is 0.243 e. The van der Waals surface area contributed by atoms with E-state index in [-0.39, 0.29) is 6.42 Å². The third kappa shape index (κ3) is 3.43. The van der Waals surface area contributed by atoms with Crippen LogP contribution in [-0.4, -0.2) is 16.1 Å². The van der Waals surface area contributed by atoms with Gasteiger partial charge in [0.1, 0.15) is 5.82 Å². The summed E-state index contributed by atoms with van der Waals surface area (Å²) in [5.74, 6) is -0.853. The van der Waals surface area contributed by atoms with Crippen LogP contribution in [0.25, 0.3) is 5.57 Å². The van der Waals surface area contributed by atoms with E-state index in [9.17, 15) is 9.18 Å². The van der Waals surface area contributed by atoms with Gasteiger partial charge in [0.25, 0.3) is 0 Å². The van der Waals surface area contributed by atoms with E-state index in [1.165, 1.54) is 6.07 Å². The molecule has 0 aromatic carbocycles. The van der Waals surface area contributed by atoms with E-state index in [2.05, 4.69) is 4.98 Å². The molecule has 0 unspecified atom stereocenters. The average Bonchev–Trinajstić information content (AvgIpc) is 2.31. The van der Waals surface area contributed by atoms with Crippen molar-refractivity contribution in [1.29, 1.82) is 0 Å². The summed E-state index contributed by atoms with van der Waals surface area (Å²) in [6.07, 6.45) is 3.55. The minimum absolute atomic E-state index is 0.162. The molecule has 1 heterocycles. The minimum atomic E-state index is -0.457. The molecular formula is C11H13FN2O2. The molecule has 1 rings (SSSR count). The van der Waals surface area contributed by atoms with Crippen LogP contribution in [0.4, 0.5) is 4.39 Å². The zero-order chi connectivity index (χ0) is 12.0. The third-order valence-corrected chi connectivity index (χ3v) is 2.15. The summed E-state index contributed by atoms with van der Waals surface area (Å²) in [7, 11) is 0. The Kier molecular flexibility index (Phi) is 4.60. The van der Waals surface area contributed by atoms with Crippen LogP contribution in [0.5, 0.6) is 0 Å². The van der Waals surface area contributed by atoms with Crippen molar-refractivity contribution < 1.29 is 14.4 Å². The van der Waals surface area contributed by atoms with Crippen LogP contribution in [0.15, 0.2) is 24.4 Å². The standard InChI is InChI=1S/C11H13FN2O2/c1-2-8(3-6-11(15)14-16)10-5-4-9(12)7-13-10/h2,4-5,7,16H,3,6H2,1H3,(H,14,15)/b8-2+. The fraction of sp³-hybridized carbons (Fsp3) is 0.273. The highest BCUT2D eigenvalue weighted by molar-refractivity contribution is 5.77. The topological polar surface area (TPSA) is 62.2 Å². The van der Waals surface area contributed by atoms with Crippen LogP contribution in [0.2, 0.25) is 0 Å². The first-order valence-corrected chi connectivity index (χ1v) is 4.87. The first-order valence-electron chi connectivity index (χ1n) is 4.87. The van der Waals surface area contributed by atoms with Gasteiger partial charge in [-0.1, -0.05) is 6.08 Å². The maximum atomic E-state index is 12.6. The van der Waals surface area contributed by atoms with E-state index in [0.717, 1.165) is 11.8 Å². The monoisotopic (exact) mass is 224 g/mol. The van der Waals surface area contributed by atoms with E-state index in [1.54, 1.807) is 11.5 Å². The van der Waals surface area contributed by atoms with Gasteiger partial charge in [0.05, 0.1) is 11.9 Å². The number of nitrogens with one attached hydrogen (secondary N) is 1. The highest BCUT2D eigenvalue weighted by Crippen LogP contribution is 2.17. The molecule has 0 radical (unpaired) electrons. The molecule has 1 aromatic rings. The van der Waals surface area contributed by atoms with Crippen LogP contribution < -0.4 is 5.48 Å². The van der Waals surface area contributed by atoms with Gasteiger partial charge in [0.2, 0.25) is 5.91 Å². The van der Waals surface area contributed by atoms with Crippen molar-refractivity contribution in [2.75, 3.05) is 0 Å². The molecule has 5 heteroatoms. The zero-order valence-corrected chi connectivity index (χ0v) is 8.90.